The van der Waals surface area contributed by atoms with Crippen LogP contribution in [0.3, 0.4) is 0 Å². The third kappa shape index (κ3) is 3.78. The average molecular weight is 385 g/mol. The van der Waals surface area contributed by atoms with Gasteiger partial charge in [0.15, 0.2) is 11.4 Å². The first-order chi connectivity index (χ1) is 12.9. The Labute approximate surface area is 157 Å². The third-order valence-electron chi connectivity index (χ3n) is 4.13. The van der Waals surface area contributed by atoms with Crippen molar-refractivity contribution in [3.8, 4) is 5.75 Å². The third-order valence-corrected chi connectivity index (χ3v) is 5.89. The minimum absolute atomic E-state index is 0.0213. The number of hydrogen-bond acceptors (Lipinski definition) is 6. The molecule has 0 aliphatic heterocycles. The van der Waals surface area contributed by atoms with Crippen LogP contribution in [0.5, 0.6) is 5.75 Å². The molecule has 0 atom stereocenters. The number of unbranched alkanes of at least 4 members (excludes halogenated alkanes) is 1. The number of ether oxygens (including phenoxy) is 1. The molecule has 1 N–H and O–H groups in total. The highest BCUT2D eigenvalue weighted by Crippen LogP contribution is 2.31. The quantitative estimate of drug-likeness (QED) is 0.513. The maximum absolute atomic E-state index is 12.8. The molecule has 1 aromatic heterocycles. The fraction of sp³-hybridized carbons (Fsp3) is 0.200. The van der Waals surface area contributed by atoms with Crippen LogP contribution < -0.4 is 0 Å². The SMILES string of the molecule is CCCCOC(=O)c1ncc2ccc(S(=O)(=O)c3ccccc3)cc2c1O. The smallest absolute Gasteiger partial charge is 0.360 e. The normalized spacial score (nSPS) is 11.4. The highest BCUT2D eigenvalue weighted by atomic mass is 32.2. The van der Waals surface area contributed by atoms with Gasteiger partial charge in [-0.3, -0.25) is 0 Å². The summed E-state index contributed by atoms with van der Waals surface area (Å²) in [6.07, 6.45) is 2.98. The molecule has 27 heavy (non-hydrogen) atoms. The van der Waals surface area contributed by atoms with Gasteiger partial charge in [0, 0.05) is 17.0 Å². The second kappa shape index (κ2) is 7.75. The molecule has 3 rings (SSSR count). The van der Waals surface area contributed by atoms with Crippen LogP contribution in [0.25, 0.3) is 10.8 Å². The number of pyridine rings is 1. The van der Waals surface area contributed by atoms with Crippen LogP contribution >= 0.6 is 0 Å². The van der Waals surface area contributed by atoms with Gasteiger partial charge < -0.3 is 9.84 Å². The van der Waals surface area contributed by atoms with E-state index in [1.165, 1.54) is 30.5 Å². The van der Waals surface area contributed by atoms with Crippen molar-refractivity contribution in [1.29, 1.82) is 0 Å². The summed E-state index contributed by atoms with van der Waals surface area (Å²) in [7, 11) is -3.75. The summed E-state index contributed by atoms with van der Waals surface area (Å²) in [6, 6.07) is 12.4. The number of nitrogens with zero attached hydrogens (tertiary/aromatic N) is 1. The summed E-state index contributed by atoms with van der Waals surface area (Å²) >= 11 is 0. The molecule has 7 heteroatoms. The van der Waals surface area contributed by atoms with Crippen LogP contribution in [0.2, 0.25) is 0 Å². The summed E-state index contributed by atoms with van der Waals surface area (Å²) in [6.45, 7) is 2.20. The van der Waals surface area contributed by atoms with Crippen molar-refractivity contribution in [3.63, 3.8) is 0 Å². The fourth-order valence-corrected chi connectivity index (χ4v) is 3.91. The van der Waals surface area contributed by atoms with Crippen LogP contribution in [0, 0.1) is 0 Å². The first kappa shape index (κ1) is 18.8. The molecule has 0 radical (unpaired) electrons. The van der Waals surface area contributed by atoms with Gasteiger partial charge in [0.1, 0.15) is 0 Å². The van der Waals surface area contributed by atoms with E-state index in [1.54, 1.807) is 24.3 Å². The van der Waals surface area contributed by atoms with Crippen LogP contribution in [-0.4, -0.2) is 31.1 Å². The minimum atomic E-state index is -3.75. The topological polar surface area (TPSA) is 93.6 Å². The van der Waals surface area contributed by atoms with E-state index in [9.17, 15) is 18.3 Å². The van der Waals surface area contributed by atoms with E-state index >= 15 is 0 Å². The van der Waals surface area contributed by atoms with E-state index in [4.69, 9.17) is 4.74 Å². The molecule has 140 valence electrons. The second-order valence-corrected chi connectivity index (χ2v) is 7.96. The Kier molecular flexibility index (Phi) is 5.41. The maximum atomic E-state index is 12.8. The minimum Gasteiger partial charge on any atom is -0.505 e. The number of carbonyl (C=O) groups is 1. The Balaban J connectivity index is 2.04. The maximum Gasteiger partial charge on any atom is 0.360 e. The first-order valence-electron chi connectivity index (χ1n) is 8.54. The lowest BCUT2D eigenvalue weighted by Crippen LogP contribution is -2.09. The summed E-state index contributed by atoms with van der Waals surface area (Å²) in [5, 5.41) is 11.2. The number of sulfone groups is 1. The van der Waals surface area contributed by atoms with Crippen molar-refractivity contribution < 1.29 is 23.1 Å². The predicted molar refractivity (Wildman–Crippen MR) is 100 cm³/mol. The van der Waals surface area contributed by atoms with E-state index in [0.29, 0.717) is 11.8 Å². The van der Waals surface area contributed by atoms with Gasteiger partial charge in [-0.1, -0.05) is 37.6 Å². The molecular weight excluding hydrogens is 366 g/mol. The zero-order valence-corrected chi connectivity index (χ0v) is 15.6. The zero-order chi connectivity index (χ0) is 19.4. The lowest BCUT2D eigenvalue weighted by molar-refractivity contribution is 0.0489. The molecule has 0 aliphatic rings. The van der Waals surface area contributed by atoms with Gasteiger partial charge in [0.25, 0.3) is 0 Å². The average Bonchev–Trinajstić information content (AvgIpc) is 2.69. The number of rotatable bonds is 6. The van der Waals surface area contributed by atoms with Crippen molar-refractivity contribution in [1.82, 2.24) is 4.98 Å². The summed E-state index contributed by atoms with van der Waals surface area (Å²) in [5.74, 6) is -1.13. The van der Waals surface area contributed by atoms with Gasteiger partial charge in [0.05, 0.1) is 16.4 Å². The van der Waals surface area contributed by atoms with Gasteiger partial charge in [-0.2, -0.15) is 0 Å². The number of benzene rings is 2. The molecule has 0 saturated heterocycles. The summed E-state index contributed by atoms with van der Waals surface area (Å²) < 4.78 is 30.7. The standard InChI is InChI=1S/C20H19NO5S/c1-2-3-11-26-20(23)18-19(22)17-12-16(10-9-14(17)13-21-18)27(24,25)15-7-5-4-6-8-15/h4-10,12-13,22H,2-3,11H2,1H3. The van der Waals surface area contributed by atoms with E-state index in [2.05, 4.69) is 4.98 Å². The number of esters is 1. The Morgan fingerprint density at radius 3 is 2.56 bits per heavy atom. The molecule has 0 saturated carbocycles. The molecule has 3 aromatic rings. The van der Waals surface area contributed by atoms with Gasteiger partial charge in [-0.15, -0.1) is 0 Å². The van der Waals surface area contributed by atoms with Gasteiger partial charge in [0.2, 0.25) is 9.84 Å². The van der Waals surface area contributed by atoms with Crippen LogP contribution in [-0.2, 0) is 14.6 Å². The second-order valence-electron chi connectivity index (χ2n) is 6.01. The van der Waals surface area contributed by atoms with Crippen LogP contribution in [0.4, 0.5) is 0 Å². The molecule has 1 heterocycles. The lowest BCUT2D eigenvalue weighted by atomic mass is 10.1. The Hall–Kier alpha value is -2.93. The van der Waals surface area contributed by atoms with Crippen molar-refractivity contribution >= 4 is 26.6 Å². The first-order valence-corrected chi connectivity index (χ1v) is 10.0. The molecule has 2 aromatic carbocycles. The molecule has 0 fully saturated rings. The number of carbonyl (C=O) groups excluding carboxylic acids is 1. The molecule has 0 bridgehead atoms. The molecule has 0 aliphatic carbocycles. The van der Waals surface area contributed by atoms with Gasteiger partial charge >= 0.3 is 5.97 Å². The molecule has 0 spiro atoms. The predicted octanol–water partition coefficient (Wildman–Crippen LogP) is 3.73. The van der Waals surface area contributed by atoms with E-state index in [0.717, 1.165) is 6.42 Å². The van der Waals surface area contributed by atoms with Gasteiger partial charge in [-0.25, -0.2) is 18.2 Å². The lowest BCUT2D eigenvalue weighted by Gasteiger charge is -2.09. The highest BCUT2D eigenvalue weighted by molar-refractivity contribution is 7.91. The van der Waals surface area contributed by atoms with E-state index in [-0.39, 0.29) is 33.2 Å². The summed E-state index contributed by atoms with van der Waals surface area (Å²) in [5.41, 5.74) is -0.229. The zero-order valence-electron chi connectivity index (χ0n) is 14.8. The van der Waals surface area contributed by atoms with Crippen LogP contribution in [0.1, 0.15) is 30.3 Å². The number of hydrogen-bond donors (Lipinski definition) is 1. The van der Waals surface area contributed by atoms with Crippen molar-refractivity contribution in [2.45, 2.75) is 29.6 Å². The number of aromatic hydroxyl groups is 1. The fourth-order valence-electron chi connectivity index (χ4n) is 2.61. The van der Waals surface area contributed by atoms with Crippen molar-refractivity contribution in [3.05, 3.63) is 60.4 Å². The molecular formula is C20H19NO5S. The van der Waals surface area contributed by atoms with Crippen LogP contribution in [0.15, 0.2) is 64.5 Å². The van der Waals surface area contributed by atoms with E-state index in [1.807, 2.05) is 6.92 Å². The largest absolute Gasteiger partial charge is 0.505 e. The Morgan fingerprint density at radius 1 is 1.11 bits per heavy atom. The van der Waals surface area contributed by atoms with Crippen molar-refractivity contribution in [2.24, 2.45) is 0 Å². The molecule has 6 nitrogen and oxygen atoms in total. The van der Waals surface area contributed by atoms with Gasteiger partial charge in [-0.05, 0) is 30.7 Å². The highest BCUT2D eigenvalue weighted by Gasteiger charge is 2.21. The number of fused-ring (bicyclic) bond motifs is 1. The molecule has 0 unspecified atom stereocenters. The van der Waals surface area contributed by atoms with Crippen molar-refractivity contribution in [2.75, 3.05) is 6.61 Å². The monoisotopic (exact) mass is 385 g/mol. The summed E-state index contributed by atoms with van der Waals surface area (Å²) in [4.78, 5) is 16.3. The Morgan fingerprint density at radius 2 is 1.85 bits per heavy atom. The Bertz CT molecular complexity index is 1080. The van der Waals surface area contributed by atoms with E-state index < -0.39 is 15.8 Å². The molecule has 0 amide bonds. The number of aromatic nitrogens is 1.